The highest BCUT2D eigenvalue weighted by Crippen LogP contribution is 2.24. The molecule has 0 aliphatic heterocycles. The lowest BCUT2D eigenvalue weighted by molar-refractivity contribution is -0.126. The molecule has 0 heterocycles. The van der Waals surface area contributed by atoms with Gasteiger partial charge in [0, 0.05) is 18.2 Å². The third kappa shape index (κ3) is 4.02. The van der Waals surface area contributed by atoms with E-state index in [1.54, 1.807) is 6.07 Å². The number of likely N-dealkylation sites (N-methyl/N-ethyl adjacent to an activating group) is 1. The van der Waals surface area contributed by atoms with E-state index in [2.05, 4.69) is 5.32 Å². The number of hydrogen-bond acceptors (Lipinski definition) is 4. The number of hydrogen-bond donors (Lipinski definition) is 3. The molecule has 1 amide bonds. The van der Waals surface area contributed by atoms with E-state index in [1.165, 1.54) is 12.1 Å². The Morgan fingerprint density at radius 1 is 1.17 bits per heavy atom. The fraction of sp³-hybridized carbons (Fsp3) is 0.278. The average Bonchev–Trinajstić information content (AvgIpc) is 2.48. The number of nitrogens with one attached hydrogen (secondary N) is 1. The molecule has 2 aromatic carbocycles. The van der Waals surface area contributed by atoms with Crippen molar-refractivity contribution in [1.82, 2.24) is 10.2 Å². The molecule has 5 heteroatoms. The van der Waals surface area contributed by atoms with Crippen LogP contribution in [0.5, 0.6) is 11.5 Å². The molecule has 0 fully saturated rings. The molecule has 0 saturated carbocycles. The molecule has 2 rings (SSSR count). The maximum atomic E-state index is 12.6. The monoisotopic (exact) mass is 314 g/mol. The van der Waals surface area contributed by atoms with Gasteiger partial charge in [0.1, 0.15) is 17.5 Å². The first-order valence-electron chi connectivity index (χ1n) is 7.40. The maximum absolute atomic E-state index is 12.6. The Bertz CT molecular complexity index is 698. The van der Waals surface area contributed by atoms with Gasteiger partial charge in [0.2, 0.25) is 5.91 Å². The van der Waals surface area contributed by atoms with Crippen molar-refractivity contribution in [3.8, 4) is 11.5 Å². The van der Waals surface area contributed by atoms with Crippen LogP contribution in [0.15, 0.2) is 42.5 Å². The number of amides is 1. The molecule has 3 N–H and O–H groups in total. The molecule has 0 saturated heterocycles. The molecule has 0 aliphatic rings. The van der Waals surface area contributed by atoms with Gasteiger partial charge in [-0.2, -0.15) is 0 Å². The summed E-state index contributed by atoms with van der Waals surface area (Å²) >= 11 is 0. The topological polar surface area (TPSA) is 72.8 Å². The van der Waals surface area contributed by atoms with E-state index >= 15 is 0 Å². The summed E-state index contributed by atoms with van der Waals surface area (Å²) in [6, 6.07) is 11.7. The van der Waals surface area contributed by atoms with E-state index < -0.39 is 6.04 Å². The quantitative estimate of drug-likeness (QED) is 0.792. The van der Waals surface area contributed by atoms with Crippen molar-refractivity contribution < 1.29 is 15.0 Å². The summed E-state index contributed by atoms with van der Waals surface area (Å²) in [4.78, 5) is 14.5. The summed E-state index contributed by atoms with van der Waals surface area (Å²) in [5, 5.41) is 21.9. The minimum Gasteiger partial charge on any atom is -0.508 e. The smallest absolute Gasteiger partial charge is 0.242 e. The van der Waals surface area contributed by atoms with E-state index in [-0.39, 0.29) is 24.0 Å². The van der Waals surface area contributed by atoms with Crippen molar-refractivity contribution in [2.45, 2.75) is 19.5 Å². The summed E-state index contributed by atoms with van der Waals surface area (Å²) in [5.41, 5.74) is 2.55. The molecule has 0 spiro atoms. The van der Waals surface area contributed by atoms with Gasteiger partial charge in [-0.25, -0.2) is 0 Å². The molecule has 5 nitrogen and oxygen atoms in total. The summed E-state index contributed by atoms with van der Waals surface area (Å²) < 4.78 is 0. The van der Waals surface area contributed by atoms with Crippen LogP contribution in [0.2, 0.25) is 0 Å². The van der Waals surface area contributed by atoms with Crippen LogP contribution in [0.3, 0.4) is 0 Å². The minimum atomic E-state index is -0.407. The fourth-order valence-corrected chi connectivity index (χ4v) is 2.53. The van der Waals surface area contributed by atoms with Crippen molar-refractivity contribution in [2.24, 2.45) is 0 Å². The highest BCUT2D eigenvalue weighted by Gasteiger charge is 2.24. The van der Waals surface area contributed by atoms with Gasteiger partial charge in [-0.05, 0) is 44.3 Å². The Balaban J connectivity index is 2.15. The Labute approximate surface area is 136 Å². The number of aromatic hydroxyl groups is 2. The van der Waals surface area contributed by atoms with E-state index in [9.17, 15) is 15.0 Å². The van der Waals surface area contributed by atoms with Crippen molar-refractivity contribution in [3.05, 3.63) is 59.2 Å². The van der Waals surface area contributed by atoms with Crippen molar-refractivity contribution in [1.29, 1.82) is 0 Å². The van der Waals surface area contributed by atoms with Gasteiger partial charge >= 0.3 is 0 Å². The SMILES string of the molecule is Cc1ccccc1C(C(=O)NCc1ccc(O)cc1O)N(C)C. The van der Waals surface area contributed by atoms with Crippen LogP contribution in [-0.2, 0) is 11.3 Å². The number of benzene rings is 2. The molecule has 0 aliphatic carbocycles. The minimum absolute atomic E-state index is 0.0105. The molecular weight excluding hydrogens is 292 g/mol. The van der Waals surface area contributed by atoms with Gasteiger partial charge < -0.3 is 15.5 Å². The molecular formula is C18H22N2O3. The third-order valence-electron chi connectivity index (χ3n) is 3.77. The number of phenolic OH excluding ortho intramolecular Hbond substituents is 2. The van der Waals surface area contributed by atoms with Crippen LogP contribution in [0, 0.1) is 6.92 Å². The first-order chi connectivity index (χ1) is 10.9. The Morgan fingerprint density at radius 2 is 1.87 bits per heavy atom. The number of rotatable bonds is 5. The van der Waals surface area contributed by atoms with E-state index in [0.717, 1.165) is 11.1 Å². The van der Waals surface area contributed by atoms with Crippen LogP contribution in [0.25, 0.3) is 0 Å². The van der Waals surface area contributed by atoms with Crippen LogP contribution in [0.4, 0.5) is 0 Å². The number of nitrogens with zero attached hydrogens (tertiary/aromatic N) is 1. The highest BCUT2D eigenvalue weighted by atomic mass is 16.3. The fourth-order valence-electron chi connectivity index (χ4n) is 2.53. The number of aryl methyl sites for hydroxylation is 1. The van der Waals surface area contributed by atoms with Crippen molar-refractivity contribution >= 4 is 5.91 Å². The van der Waals surface area contributed by atoms with Crippen molar-refractivity contribution in [3.63, 3.8) is 0 Å². The lowest BCUT2D eigenvalue weighted by Gasteiger charge is -2.25. The average molecular weight is 314 g/mol. The van der Waals surface area contributed by atoms with E-state index in [0.29, 0.717) is 5.56 Å². The van der Waals surface area contributed by atoms with Crippen LogP contribution >= 0.6 is 0 Å². The molecule has 0 aromatic heterocycles. The summed E-state index contributed by atoms with van der Waals surface area (Å²) in [6.45, 7) is 2.17. The first-order valence-corrected chi connectivity index (χ1v) is 7.40. The summed E-state index contributed by atoms with van der Waals surface area (Å²) in [5.74, 6) is -0.192. The van der Waals surface area contributed by atoms with Crippen LogP contribution < -0.4 is 5.32 Å². The second kappa shape index (κ2) is 7.15. The second-order valence-corrected chi connectivity index (χ2v) is 5.75. The van der Waals surface area contributed by atoms with Gasteiger partial charge in [-0.1, -0.05) is 24.3 Å². The van der Waals surface area contributed by atoms with E-state index in [1.807, 2.05) is 50.2 Å². The molecule has 23 heavy (non-hydrogen) atoms. The Morgan fingerprint density at radius 3 is 2.48 bits per heavy atom. The zero-order chi connectivity index (χ0) is 17.0. The molecule has 0 radical (unpaired) electrons. The lowest BCUT2D eigenvalue weighted by atomic mass is 9.99. The van der Waals surface area contributed by atoms with Gasteiger partial charge in [-0.15, -0.1) is 0 Å². The highest BCUT2D eigenvalue weighted by molar-refractivity contribution is 5.83. The molecule has 1 unspecified atom stereocenters. The summed E-state index contributed by atoms with van der Waals surface area (Å²) in [7, 11) is 3.71. The molecule has 0 bridgehead atoms. The Hall–Kier alpha value is -2.53. The Kier molecular flexibility index (Phi) is 5.24. The molecule has 1 atom stereocenters. The largest absolute Gasteiger partial charge is 0.508 e. The lowest BCUT2D eigenvalue weighted by Crippen LogP contribution is -2.37. The number of carbonyl (C=O) groups is 1. The zero-order valence-electron chi connectivity index (χ0n) is 13.6. The zero-order valence-corrected chi connectivity index (χ0v) is 13.6. The van der Waals surface area contributed by atoms with Gasteiger partial charge in [-0.3, -0.25) is 9.69 Å². The number of carbonyl (C=O) groups excluding carboxylic acids is 1. The van der Waals surface area contributed by atoms with Gasteiger partial charge in [0.15, 0.2) is 0 Å². The standard InChI is InChI=1S/C18H22N2O3/c1-12-6-4-5-7-15(12)17(20(2)3)18(23)19-11-13-8-9-14(21)10-16(13)22/h4-10,17,21-22H,11H2,1-3H3,(H,19,23). The maximum Gasteiger partial charge on any atom is 0.242 e. The van der Waals surface area contributed by atoms with Crippen LogP contribution in [0.1, 0.15) is 22.7 Å². The van der Waals surface area contributed by atoms with Gasteiger partial charge in [0.05, 0.1) is 0 Å². The third-order valence-corrected chi connectivity index (χ3v) is 3.77. The first kappa shape index (κ1) is 16.8. The predicted octanol–water partition coefficient (Wildman–Crippen LogP) is 2.33. The van der Waals surface area contributed by atoms with E-state index in [4.69, 9.17) is 0 Å². The van der Waals surface area contributed by atoms with Crippen LogP contribution in [-0.4, -0.2) is 35.1 Å². The second-order valence-electron chi connectivity index (χ2n) is 5.75. The molecule has 122 valence electrons. The predicted molar refractivity (Wildman–Crippen MR) is 89.2 cm³/mol. The van der Waals surface area contributed by atoms with Crippen molar-refractivity contribution in [2.75, 3.05) is 14.1 Å². The molecule has 2 aromatic rings. The summed E-state index contributed by atoms with van der Waals surface area (Å²) in [6.07, 6.45) is 0. The number of phenols is 2. The normalized spacial score (nSPS) is 12.2. The van der Waals surface area contributed by atoms with Gasteiger partial charge in [0.25, 0.3) is 0 Å².